The maximum Gasteiger partial charge on any atom is 0.127 e. The van der Waals surface area contributed by atoms with Gasteiger partial charge in [-0.3, -0.25) is 4.99 Å². The number of halogens is 2. The van der Waals surface area contributed by atoms with Crippen molar-refractivity contribution < 1.29 is 0 Å². The van der Waals surface area contributed by atoms with Crippen molar-refractivity contribution in [3.05, 3.63) is 41.6 Å². The van der Waals surface area contributed by atoms with Crippen molar-refractivity contribution in [2.24, 2.45) is 4.99 Å². The molecule has 1 aliphatic rings. The monoisotopic (exact) mass is 226 g/mol. The molecule has 4 heteroatoms. The Morgan fingerprint density at radius 2 is 2.14 bits per heavy atom. The van der Waals surface area contributed by atoms with E-state index in [2.05, 4.69) is 4.99 Å². The predicted molar refractivity (Wildman–Crippen MR) is 61.2 cm³/mol. The van der Waals surface area contributed by atoms with Gasteiger partial charge in [0.1, 0.15) is 11.8 Å². The topological polar surface area (TPSA) is 15.6 Å². The second-order valence-corrected chi connectivity index (χ2v) is 3.71. The van der Waals surface area contributed by atoms with Crippen LogP contribution in [-0.2, 0) is 0 Å². The van der Waals surface area contributed by atoms with E-state index in [1.54, 1.807) is 6.08 Å². The molecule has 1 aromatic rings. The number of anilines is 1. The molecule has 0 bridgehead atoms. The maximum atomic E-state index is 5.88. The molecule has 2 nitrogen and oxygen atoms in total. The molecule has 1 aliphatic heterocycles. The lowest BCUT2D eigenvalue weighted by Gasteiger charge is -2.20. The summed E-state index contributed by atoms with van der Waals surface area (Å²) in [5.74, 6) is 0. The first-order valence-corrected chi connectivity index (χ1v) is 4.92. The van der Waals surface area contributed by atoms with Crippen molar-refractivity contribution in [3.8, 4) is 0 Å². The Morgan fingerprint density at radius 3 is 2.79 bits per heavy atom. The SMILES string of the molecule is ClC1=NCN(c2cccc(Cl)c2)C=C1. The fraction of sp³-hybridized carbons (Fsp3) is 0.100. The van der Waals surface area contributed by atoms with Crippen molar-refractivity contribution in [3.63, 3.8) is 0 Å². The average Bonchev–Trinajstić information content (AvgIpc) is 2.19. The second-order valence-electron chi connectivity index (χ2n) is 2.89. The lowest BCUT2D eigenvalue weighted by Crippen LogP contribution is -2.19. The first-order valence-electron chi connectivity index (χ1n) is 4.16. The van der Waals surface area contributed by atoms with E-state index in [1.807, 2.05) is 35.4 Å². The van der Waals surface area contributed by atoms with Gasteiger partial charge < -0.3 is 4.90 Å². The molecule has 14 heavy (non-hydrogen) atoms. The average molecular weight is 227 g/mol. The standard InChI is InChI=1S/C10H8Cl2N2/c11-8-2-1-3-9(6-8)14-5-4-10(12)13-7-14/h1-6H,7H2. The summed E-state index contributed by atoms with van der Waals surface area (Å²) in [4.78, 5) is 6.07. The van der Waals surface area contributed by atoms with Gasteiger partial charge >= 0.3 is 0 Å². The van der Waals surface area contributed by atoms with Crippen LogP contribution >= 0.6 is 23.2 Å². The molecule has 72 valence electrons. The molecule has 2 rings (SSSR count). The minimum Gasteiger partial charge on any atom is -0.328 e. The first-order chi connectivity index (χ1) is 6.75. The number of nitrogens with zero attached hydrogens (tertiary/aromatic N) is 2. The zero-order chi connectivity index (χ0) is 9.97. The van der Waals surface area contributed by atoms with Gasteiger partial charge in [-0.2, -0.15) is 0 Å². The van der Waals surface area contributed by atoms with Crippen LogP contribution in [0.15, 0.2) is 41.5 Å². The van der Waals surface area contributed by atoms with Crippen molar-refractivity contribution in [1.82, 2.24) is 0 Å². The second kappa shape index (κ2) is 4.03. The Hall–Kier alpha value is -0.990. The number of rotatable bonds is 1. The first kappa shape index (κ1) is 9.56. The van der Waals surface area contributed by atoms with Crippen LogP contribution in [0.1, 0.15) is 0 Å². The normalized spacial score (nSPS) is 15.6. The molecule has 0 fully saturated rings. The maximum absolute atomic E-state index is 5.88. The van der Waals surface area contributed by atoms with Crippen molar-refractivity contribution in [1.29, 1.82) is 0 Å². The van der Waals surface area contributed by atoms with Crippen molar-refractivity contribution >= 4 is 34.1 Å². The molecule has 0 saturated heterocycles. The largest absolute Gasteiger partial charge is 0.328 e. The zero-order valence-corrected chi connectivity index (χ0v) is 8.83. The van der Waals surface area contributed by atoms with E-state index in [9.17, 15) is 0 Å². The number of aliphatic imine (C=N–C) groups is 1. The third-order valence-corrected chi connectivity index (χ3v) is 2.39. The van der Waals surface area contributed by atoms with Gasteiger partial charge in [0.2, 0.25) is 0 Å². The zero-order valence-electron chi connectivity index (χ0n) is 7.32. The summed E-state index contributed by atoms with van der Waals surface area (Å²) in [5.41, 5.74) is 1.02. The van der Waals surface area contributed by atoms with Gasteiger partial charge in [-0.15, -0.1) is 0 Å². The van der Waals surface area contributed by atoms with Gasteiger partial charge in [-0.05, 0) is 24.3 Å². The highest BCUT2D eigenvalue weighted by atomic mass is 35.5. The van der Waals surface area contributed by atoms with Gasteiger partial charge in [-0.1, -0.05) is 29.3 Å². The smallest absolute Gasteiger partial charge is 0.127 e. The van der Waals surface area contributed by atoms with Gasteiger partial charge in [0.15, 0.2) is 0 Å². The number of allylic oxidation sites excluding steroid dienone is 1. The van der Waals surface area contributed by atoms with Crippen LogP contribution in [0.25, 0.3) is 0 Å². The molecule has 1 heterocycles. The Kier molecular flexibility index (Phi) is 2.75. The highest BCUT2D eigenvalue weighted by molar-refractivity contribution is 6.68. The molecule has 1 aromatic carbocycles. The molecule has 0 atom stereocenters. The molecule has 0 unspecified atom stereocenters. The molecular formula is C10H8Cl2N2. The molecule has 0 saturated carbocycles. The highest BCUT2D eigenvalue weighted by Crippen LogP contribution is 2.21. The summed E-state index contributed by atoms with van der Waals surface area (Å²) < 4.78 is 0. The third-order valence-electron chi connectivity index (χ3n) is 1.91. The van der Waals surface area contributed by atoms with E-state index in [-0.39, 0.29) is 0 Å². The Morgan fingerprint density at radius 1 is 1.29 bits per heavy atom. The fourth-order valence-electron chi connectivity index (χ4n) is 1.22. The number of benzene rings is 1. The molecule has 0 amide bonds. The predicted octanol–water partition coefficient (Wildman–Crippen LogP) is 3.27. The number of hydrogen-bond acceptors (Lipinski definition) is 2. The van der Waals surface area contributed by atoms with E-state index < -0.39 is 0 Å². The Balaban J connectivity index is 2.22. The highest BCUT2D eigenvalue weighted by Gasteiger charge is 2.06. The van der Waals surface area contributed by atoms with E-state index >= 15 is 0 Å². The van der Waals surface area contributed by atoms with Crippen LogP contribution < -0.4 is 4.90 Å². The summed E-state index contributed by atoms with van der Waals surface area (Å²) in [7, 11) is 0. The molecular weight excluding hydrogens is 219 g/mol. The van der Waals surface area contributed by atoms with Gasteiger partial charge in [0.05, 0.1) is 0 Å². The van der Waals surface area contributed by atoms with Gasteiger partial charge in [-0.25, -0.2) is 0 Å². The fourth-order valence-corrected chi connectivity index (χ4v) is 1.51. The molecule has 0 radical (unpaired) electrons. The molecule has 0 N–H and O–H groups in total. The van der Waals surface area contributed by atoms with E-state index in [0.29, 0.717) is 11.8 Å². The number of hydrogen-bond donors (Lipinski definition) is 0. The van der Waals surface area contributed by atoms with Crippen LogP contribution in [0.2, 0.25) is 5.02 Å². The quantitative estimate of drug-likeness (QED) is 0.718. The van der Waals surface area contributed by atoms with E-state index in [4.69, 9.17) is 23.2 Å². The van der Waals surface area contributed by atoms with Gasteiger partial charge in [0, 0.05) is 16.9 Å². The molecule has 0 aromatic heterocycles. The summed E-state index contributed by atoms with van der Waals surface area (Å²) in [6.07, 6.45) is 3.65. The van der Waals surface area contributed by atoms with Crippen LogP contribution in [0.3, 0.4) is 0 Å². The van der Waals surface area contributed by atoms with Crippen molar-refractivity contribution in [2.45, 2.75) is 0 Å². The third kappa shape index (κ3) is 2.08. The Bertz CT molecular complexity index is 399. The lowest BCUT2D eigenvalue weighted by atomic mass is 10.3. The van der Waals surface area contributed by atoms with Crippen LogP contribution in [0, 0.1) is 0 Å². The van der Waals surface area contributed by atoms with E-state index in [1.165, 1.54) is 0 Å². The molecule has 0 aliphatic carbocycles. The summed E-state index contributed by atoms with van der Waals surface area (Å²) in [5, 5.41) is 1.25. The van der Waals surface area contributed by atoms with Crippen LogP contribution in [0.5, 0.6) is 0 Å². The lowest BCUT2D eigenvalue weighted by molar-refractivity contribution is 0.968. The van der Waals surface area contributed by atoms with E-state index in [0.717, 1.165) is 10.7 Å². The minimum atomic E-state index is 0.531. The summed E-state index contributed by atoms with van der Waals surface area (Å²) in [6, 6.07) is 7.62. The Labute approximate surface area is 92.5 Å². The van der Waals surface area contributed by atoms with Crippen LogP contribution in [-0.4, -0.2) is 11.8 Å². The summed E-state index contributed by atoms with van der Waals surface area (Å²) >= 11 is 11.6. The van der Waals surface area contributed by atoms with Gasteiger partial charge in [0.25, 0.3) is 0 Å². The molecule has 0 spiro atoms. The van der Waals surface area contributed by atoms with Crippen LogP contribution in [0.4, 0.5) is 5.69 Å². The van der Waals surface area contributed by atoms with Crippen molar-refractivity contribution in [2.75, 3.05) is 11.6 Å². The summed E-state index contributed by atoms with van der Waals surface area (Å²) in [6.45, 7) is 0.537. The minimum absolute atomic E-state index is 0.531.